The van der Waals surface area contributed by atoms with Crippen LogP contribution in [0.15, 0.2) is 30.3 Å². The molecule has 1 unspecified atom stereocenters. The van der Waals surface area contributed by atoms with Gasteiger partial charge in [-0.1, -0.05) is 38.0 Å². The van der Waals surface area contributed by atoms with E-state index in [0.29, 0.717) is 6.04 Å². The average molecular weight is 284 g/mol. The molecule has 3 heteroatoms. The minimum atomic E-state index is 0.00245. The van der Waals surface area contributed by atoms with Crippen molar-refractivity contribution in [2.45, 2.75) is 51.7 Å². The van der Waals surface area contributed by atoms with Crippen LogP contribution in [-0.2, 0) is 6.61 Å². The third kappa shape index (κ3) is 2.88. The van der Waals surface area contributed by atoms with Crippen molar-refractivity contribution in [3.05, 3.63) is 36.0 Å². The maximum atomic E-state index is 9.52. The Kier molecular flexibility index (Phi) is 4.39. The van der Waals surface area contributed by atoms with E-state index in [2.05, 4.69) is 35.0 Å². The number of pyridine rings is 1. The Morgan fingerprint density at radius 2 is 2.10 bits per heavy atom. The van der Waals surface area contributed by atoms with Crippen molar-refractivity contribution in [3.63, 3.8) is 0 Å². The van der Waals surface area contributed by atoms with Crippen LogP contribution >= 0.6 is 0 Å². The number of benzene rings is 1. The van der Waals surface area contributed by atoms with E-state index in [9.17, 15) is 5.11 Å². The van der Waals surface area contributed by atoms with E-state index in [0.717, 1.165) is 17.8 Å². The van der Waals surface area contributed by atoms with E-state index in [-0.39, 0.29) is 6.61 Å². The minimum Gasteiger partial charge on any atom is -0.390 e. The van der Waals surface area contributed by atoms with E-state index >= 15 is 0 Å². The van der Waals surface area contributed by atoms with Crippen molar-refractivity contribution >= 4 is 16.6 Å². The van der Waals surface area contributed by atoms with Crippen LogP contribution in [0, 0.1) is 0 Å². The molecule has 1 aliphatic heterocycles. The zero-order chi connectivity index (χ0) is 14.7. The van der Waals surface area contributed by atoms with E-state index in [1.165, 1.54) is 43.2 Å². The first kappa shape index (κ1) is 14.3. The lowest BCUT2D eigenvalue weighted by atomic mass is 10.1. The van der Waals surface area contributed by atoms with Crippen LogP contribution in [0.5, 0.6) is 0 Å². The Hall–Kier alpha value is -1.61. The van der Waals surface area contributed by atoms with Crippen LogP contribution in [0.2, 0.25) is 0 Å². The van der Waals surface area contributed by atoms with Gasteiger partial charge in [0, 0.05) is 23.7 Å². The number of hydrogen-bond acceptors (Lipinski definition) is 3. The van der Waals surface area contributed by atoms with Crippen LogP contribution in [0.1, 0.15) is 44.7 Å². The average Bonchev–Trinajstić information content (AvgIpc) is 2.78. The number of hydrogen-bond donors (Lipinski definition) is 1. The third-order valence-corrected chi connectivity index (χ3v) is 4.57. The molecule has 2 aromatic rings. The van der Waals surface area contributed by atoms with Crippen molar-refractivity contribution in [2.75, 3.05) is 11.4 Å². The summed E-state index contributed by atoms with van der Waals surface area (Å²) in [4.78, 5) is 7.10. The van der Waals surface area contributed by atoms with Gasteiger partial charge >= 0.3 is 0 Å². The van der Waals surface area contributed by atoms with E-state index in [1.807, 2.05) is 12.1 Å². The highest BCUT2D eigenvalue weighted by Gasteiger charge is 2.22. The topological polar surface area (TPSA) is 36.4 Å². The first-order chi connectivity index (χ1) is 10.3. The normalized spacial score (nSPS) is 19.7. The quantitative estimate of drug-likeness (QED) is 0.929. The molecule has 0 aliphatic carbocycles. The Balaban J connectivity index is 2.12. The van der Waals surface area contributed by atoms with Gasteiger partial charge in [-0.3, -0.25) is 4.98 Å². The fourth-order valence-electron chi connectivity index (χ4n) is 3.45. The molecule has 1 saturated heterocycles. The Bertz CT molecular complexity index is 611. The highest BCUT2D eigenvalue weighted by Crippen LogP contribution is 2.32. The minimum absolute atomic E-state index is 0.00245. The van der Waals surface area contributed by atoms with Gasteiger partial charge in [-0.25, -0.2) is 0 Å². The Labute approximate surface area is 126 Å². The lowest BCUT2D eigenvalue weighted by Gasteiger charge is -2.32. The lowest BCUT2D eigenvalue weighted by molar-refractivity contribution is 0.277. The van der Waals surface area contributed by atoms with Crippen LogP contribution in [0.3, 0.4) is 0 Å². The molecule has 0 radical (unpaired) electrons. The number of anilines is 1. The molecular formula is C18H24N2O. The molecule has 0 bridgehead atoms. The monoisotopic (exact) mass is 284 g/mol. The summed E-state index contributed by atoms with van der Waals surface area (Å²) in [7, 11) is 0. The summed E-state index contributed by atoms with van der Waals surface area (Å²) in [5.74, 6) is 0. The predicted molar refractivity (Wildman–Crippen MR) is 87.6 cm³/mol. The molecule has 21 heavy (non-hydrogen) atoms. The maximum Gasteiger partial charge on any atom is 0.0854 e. The van der Waals surface area contributed by atoms with Gasteiger partial charge in [-0.2, -0.15) is 0 Å². The van der Waals surface area contributed by atoms with Gasteiger partial charge < -0.3 is 10.0 Å². The molecule has 1 aromatic carbocycles. The van der Waals surface area contributed by atoms with E-state index < -0.39 is 0 Å². The molecule has 3 rings (SSSR count). The molecule has 1 atom stereocenters. The summed E-state index contributed by atoms with van der Waals surface area (Å²) in [6.07, 6.45) is 6.34. The fourth-order valence-corrected chi connectivity index (χ4v) is 3.45. The van der Waals surface area contributed by atoms with Crippen molar-refractivity contribution in [3.8, 4) is 0 Å². The Morgan fingerprint density at radius 3 is 2.90 bits per heavy atom. The number of aliphatic hydroxyl groups is 1. The van der Waals surface area contributed by atoms with Crippen molar-refractivity contribution in [2.24, 2.45) is 0 Å². The van der Waals surface area contributed by atoms with Gasteiger partial charge in [0.15, 0.2) is 0 Å². The summed E-state index contributed by atoms with van der Waals surface area (Å²) in [6.45, 7) is 3.39. The first-order valence-electron chi connectivity index (χ1n) is 8.09. The molecule has 0 amide bonds. The second-order valence-electron chi connectivity index (χ2n) is 5.91. The molecule has 1 aromatic heterocycles. The second-order valence-corrected chi connectivity index (χ2v) is 5.91. The van der Waals surface area contributed by atoms with Gasteiger partial charge in [0.05, 0.1) is 17.8 Å². The molecule has 112 valence electrons. The van der Waals surface area contributed by atoms with Crippen molar-refractivity contribution in [1.29, 1.82) is 0 Å². The maximum absolute atomic E-state index is 9.52. The second kappa shape index (κ2) is 6.44. The van der Waals surface area contributed by atoms with Crippen molar-refractivity contribution < 1.29 is 5.11 Å². The smallest absolute Gasteiger partial charge is 0.0854 e. The Morgan fingerprint density at radius 1 is 1.24 bits per heavy atom. The van der Waals surface area contributed by atoms with Gasteiger partial charge in [-0.15, -0.1) is 0 Å². The fraction of sp³-hybridized carbons (Fsp3) is 0.500. The number of aliphatic hydroxyl groups excluding tert-OH is 1. The van der Waals surface area contributed by atoms with Gasteiger partial charge in [0.2, 0.25) is 0 Å². The summed E-state index contributed by atoms with van der Waals surface area (Å²) < 4.78 is 0. The van der Waals surface area contributed by atoms with Gasteiger partial charge in [0.25, 0.3) is 0 Å². The van der Waals surface area contributed by atoms with Crippen LogP contribution in [0.4, 0.5) is 5.69 Å². The number of fused-ring (bicyclic) bond motifs is 1. The molecule has 2 heterocycles. The van der Waals surface area contributed by atoms with Gasteiger partial charge in [-0.05, 0) is 31.4 Å². The molecule has 3 nitrogen and oxygen atoms in total. The zero-order valence-electron chi connectivity index (χ0n) is 12.8. The standard InChI is InChI=1S/C18H24N2O/c1-2-15-8-4-3-7-11-20(15)18-12-14(13-21)19-17-10-6-5-9-16(17)18/h5-6,9-10,12,15,21H,2-4,7-8,11,13H2,1H3. The SMILES string of the molecule is CCC1CCCCCN1c1cc(CO)nc2ccccc12. The largest absolute Gasteiger partial charge is 0.390 e. The molecular weight excluding hydrogens is 260 g/mol. The molecule has 1 aliphatic rings. The number of nitrogens with zero attached hydrogens (tertiary/aromatic N) is 2. The number of rotatable bonds is 3. The number of aromatic nitrogens is 1. The van der Waals surface area contributed by atoms with Crippen LogP contribution < -0.4 is 4.90 Å². The summed E-state index contributed by atoms with van der Waals surface area (Å²) in [5.41, 5.74) is 3.00. The molecule has 0 spiro atoms. The summed E-state index contributed by atoms with van der Waals surface area (Å²) in [6, 6.07) is 11.0. The highest BCUT2D eigenvalue weighted by molar-refractivity contribution is 5.92. The summed E-state index contributed by atoms with van der Waals surface area (Å²) >= 11 is 0. The predicted octanol–water partition coefficient (Wildman–Crippen LogP) is 3.89. The summed E-state index contributed by atoms with van der Waals surface area (Å²) in [5, 5.41) is 10.7. The van der Waals surface area contributed by atoms with E-state index in [4.69, 9.17) is 0 Å². The number of para-hydroxylation sites is 1. The molecule has 1 N–H and O–H groups in total. The van der Waals surface area contributed by atoms with Crippen LogP contribution in [0.25, 0.3) is 10.9 Å². The molecule has 1 fully saturated rings. The van der Waals surface area contributed by atoms with Gasteiger partial charge in [0.1, 0.15) is 0 Å². The highest BCUT2D eigenvalue weighted by atomic mass is 16.3. The van der Waals surface area contributed by atoms with Crippen molar-refractivity contribution in [1.82, 2.24) is 4.98 Å². The molecule has 0 saturated carbocycles. The zero-order valence-corrected chi connectivity index (χ0v) is 12.8. The third-order valence-electron chi connectivity index (χ3n) is 4.57. The first-order valence-corrected chi connectivity index (χ1v) is 8.09. The van der Waals surface area contributed by atoms with E-state index in [1.54, 1.807) is 0 Å². The lowest BCUT2D eigenvalue weighted by Crippen LogP contribution is -2.34. The van der Waals surface area contributed by atoms with Crippen LogP contribution in [-0.4, -0.2) is 22.7 Å².